The van der Waals surface area contributed by atoms with Crippen molar-refractivity contribution in [3.63, 3.8) is 0 Å². The van der Waals surface area contributed by atoms with Crippen molar-refractivity contribution in [3.05, 3.63) is 124 Å². The van der Waals surface area contributed by atoms with Crippen LogP contribution >= 0.6 is 46.7 Å². The molecular formula is C40H43Cl2F3O5S2. The Kier molecular flexibility index (Phi) is 18.8. The van der Waals surface area contributed by atoms with E-state index < -0.39 is 34.2 Å². The van der Waals surface area contributed by atoms with Gasteiger partial charge in [-0.15, -0.1) is 23.5 Å². The van der Waals surface area contributed by atoms with Gasteiger partial charge in [0.15, 0.2) is 0 Å². The summed E-state index contributed by atoms with van der Waals surface area (Å²) in [6.45, 7) is 0. The normalized spacial score (nSPS) is 12.3. The van der Waals surface area contributed by atoms with E-state index in [-0.39, 0.29) is 0 Å². The Morgan fingerprint density at radius 1 is 0.654 bits per heavy atom. The zero-order valence-corrected chi connectivity index (χ0v) is 31.9. The van der Waals surface area contributed by atoms with Crippen molar-refractivity contribution in [3.8, 4) is 5.75 Å². The average molecular weight is 796 g/mol. The summed E-state index contributed by atoms with van der Waals surface area (Å²) in [5, 5.41) is 19.1. The van der Waals surface area contributed by atoms with Gasteiger partial charge < -0.3 is 14.9 Å². The largest absolute Gasteiger partial charge is 0.497 e. The Morgan fingerprint density at radius 3 is 1.54 bits per heavy atom. The van der Waals surface area contributed by atoms with Crippen LogP contribution in [0.5, 0.6) is 5.75 Å². The SMILES string of the molecule is COc1ccc(SC(CCCCCc2ccc(Cl)cc2)C(=O)O)cc1.O=C(O)C(CCCCCc1ccc(Cl)cc1)Sc1cccc(C(F)(F)F)c1. The highest BCUT2D eigenvalue weighted by Crippen LogP contribution is 2.34. The third-order valence-electron chi connectivity index (χ3n) is 8.02. The summed E-state index contributed by atoms with van der Waals surface area (Å²) in [5.74, 6) is -0.980. The summed E-state index contributed by atoms with van der Waals surface area (Å²) in [4.78, 5) is 24.2. The van der Waals surface area contributed by atoms with E-state index in [0.29, 0.717) is 29.2 Å². The number of aryl methyl sites for hydroxylation is 2. The number of aliphatic carboxylic acids is 2. The fraction of sp³-hybridized carbons (Fsp3) is 0.350. The highest BCUT2D eigenvalue weighted by Gasteiger charge is 2.31. The third-order valence-corrected chi connectivity index (χ3v) is 11.0. The van der Waals surface area contributed by atoms with Crippen LogP contribution in [0.3, 0.4) is 0 Å². The van der Waals surface area contributed by atoms with E-state index >= 15 is 0 Å². The maximum atomic E-state index is 12.8. The number of hydrogen-bond donors (Lipinski definition) is 2. The van der Waals surface area contributed by atoms with Gasteiger partial charge >= 0.3 is 18.1 Å². The van der Waals surface area contributed by atoms with E-state index in [9.17, 15) is 33.0 Å². The van der Waals surface area contributed by atoms with Gasteiger partial charge in [-0.2, -0.15) is 13.2 Å². The van der Waals surface area contributed by atoms with Gasteiger partial charge in [-0.3, -0.25) is 9.59 Å². The average Bonchev–Trinajstić information content (AvgIpc) is 3.12. The second kappa shape index (κ2) is 22.7. The summed E-state index contributed by atoms with van der Waals surface area (Å²) in [5.41, 5.74) is 1.68. The number of halogens is 5. The monoisotopic (exact) mass is 794 g/mol. The predicted octanol–water partition coefficient (Wildman–Crippen LogP) is 12.4. The van der Waals surface area contributed by atoms with E-state index in [2.05, 4.69) is 0 Å². The number of methoxy groups -OCH3 is 1. The van der Waals surface area contributed by atoms with Crippen LogP contribution in [-0.2, 0) is 28.6 Å². The number of rotatable bonds is 19. The van der Waals surface area contributed by atoms with E-state index in [4.69, 9.17) is 27.9 Å². The van der Waals surface area contributed by atoms with Crippen LogP contribution in [0, 0.1) is 0 Å². The zero-order valence-electron chi connectivity index (χ0n) is 28.8. The maximum Gasteiger partial charge on any atom is 0.416 e. The molecule has 4 aromatic carbocycles. The third kappa shape index (κ3) is 16.6. The Morgan fingerprint density at radius 2 is 1.12 bits per heavy atom. The van der Waals surface area contributed by atoms with Crippen LogP contribution < -0.4 is 4.74 Å². The van der Waals surface area contributed by atoms with Crippen LogP contribution in [0.15, 0.2) is 107 Å². The molecule has 0 radical (unpaired) electrons. The molecule has 0 fully saturated rings. The fourth-order valence-electron chi connectivity index (χ4n) is 5.17. The van der Waals surface area contributed by atoms with Crippen molar-refractivity contribution in [2.24, 2.45) is 0 Å². The van der Waals surface area contributed by atoms with Gasteiger partial charge in [0, 0.05) is 19.8 Å². The second-order valence-electron chi connectivity index (χ2n) is 12.0. The van der Waals surface area contributed by atoms with Crippen molar-refractivity contribution < 1.29 is 37.7 Å². The topological polar surface area (TPSA) is 83.8 Å². The number of ether oxygens (including phenoxy) is 1. The quantitative estimate of drug-likeness (QED) is 0.0722. The summed E-state index contributed by atoms with van der Waals surface area (Å²) in [6, 6.07) is 27.8. The Bertz CT molecular complexity index is 1650. The molecule has 0 amide bonds. The molecule has 280 valence electrons. The first-order chi connectivity index (χ1) is 24.8. The van der Waals surface area contributed by atoms with E-state index in [1.54, 1.807) is 7.11 Å². The van der Waals surface area contributed by atoms with E-state index in [1.165, 1.54) is 35.0 Å². The standard InChI is InChI=1S/C20H20ClF3O2S.C20H23ClO3S/c21-16-11-9-14(10-12-16)5-2-1-3-8-18(19(25)26)27-17-7-4-6-15(13-17)20(22,23)24;1-24-17-11-13-18(14-12-17)25-19(20(22)23)6-4-2-3-5-15-7-9-16(21)10-8-15/h4,6-7,9-13,18H,1-3,5,8H2,(H,25,26);7-14,19H,2-6H2,1H3,(H,22,23). The summed E-state index contributed by atoms with van der Waals surface area (Å²) in [7, 11) is 1.62. The van der Waals surface area contributed by atoms with Crippen molar-refractivity contribution in [2.75, 3.05) is 7.11 Å². The lowest BCUT2D eigenvalue weighted by molar-refractivity contribution is -0.138. The molecule has 0 aliphatic rings. The van der Waals surface area contributed by atoms with Crippen molar-refractivity contribution in [2.45, 2.75) is 90.7 Å². The first-order valence-corrected chi connectivity index (χ1v) is 19.4. The van der Waals surface area contributed by atoms with Crippen molar-refractivity contribution in [1.29, 1.82) is 0 Å². The van der Waals surface area contributed by atoms with Gasteiger partial charge in [0.1, 0.15) is 16.2 Å². The lowest BCUT2D eigenvalue weighted by atomic mass is 10.1. The molecular weight excluding hydrogens is 752 g/mol. The second-order valence-corrected chi connectivity index (χ2v) is 15.5. The highest BCUT2D eigenvalue weighted by molar-refractivity contribution is 8.00. The van der Waals surface area contributed by atoms with Crippen LogP contribution in [0.25, 0.3) is 0 Å². The Balaban J connectivity index is 0.000000281. The number of thioether (sulfide) groups is 2. The minimum Gasteiger partial charge on any atom is -0.497 e. The van der Waals surface area contributed by atoms with E-state index in [1.807, 2.05) is 72.8 Å². The minimum absolute atomic E-state index is 0.318. The Hall–Kier alpha value is -3.31. The highest BCUT2D eigenvalue weighted by atomic mass is 35.5. The van der Waals surface area contributed by atoms with Crippen LogP contribution in [0.1, 0.15) is 68.1 Å². The molecule has 0 heterocycles. The number of carboxylic acids is 2. The number of carbonyl (C=O) groups is 2. The van der Waals surface area contributed by atoms with Gasteiger partial charge in [-0.05, 0) is 116 Å². The van der Waals surface area contributed by atoms with Crippen LogP contribution in [0.4, 0.5) is 13.2 Å². The van der Waals surface area contributed by atoms with Crippen LogP contribution in [0.2, 0.25) is 10.0 Å². The molecule has 0 aromatic heterocycles. The van der Waals surface area contributed by atoms with Gasteiger partial charge in [0.25, 0.3) is 0 Å². The molecule has 4 rings (SSSR count). The molecule has 4 aromatic rings. The molecule has 0 bridgehead atoms. The fourth-order valence-corrected chi connectivity index (χ4v) is 7.49. The summed E-state index contributed by atoms with van der Waals surface area (Å²) < 4.78 is 43.5. The van der Waals surface area contributed by atoms with Crippen LogP contribution in [-0.4, -0.2) is 39.8 Å². The first-order valence-electron chi connectivity index (χ1n) is 16.9. The molecule has 2 atom stereocenters. The summed E-state index contributed by atoms with van der Waals surface area (Å²) >= 11 is 14.1. The van der Waals surface area contributed by atoms with Gasteiger partial charge in [-0.25, -0.2) is 0 Å². The molecule has 5 nitrogen and oxygen atoms in total. The summed E-state index contributed by atoms with van der Waals surface area (Å²) in [6.07, 6.45) is 4.01. The predicted molar refractivity (Wildman–Crippen MR) is 206 cm³/mol. The molecule has 2 unspecified atom stereocenters. The van der Waals surface area contributed by atoms with Gasteiger partial charge in [-0.1, -0.05) is 79.2 Å². The number of alkyl halides is 3. The van der Waals surface area contributed by atoms with Crippen molar-refractivity contribution >= 4 is 58.7 Å². The number of hydrogen-bond acceptors (Lipinski definition) is 5. The molecule has 0 spiro atoms. The van der Waals surface area contributed by atoms with Crippen molar-refractivity contribution in [1.82, 2.24) is 0 Å². The van der Waals surface area contributed by atoms with E-state index in [0.717, 1.165) is 84.5 Å². The minimum atomic E-state index is -4.43. The first kappa shape index (κ1) is 43.1. The zero-order chi connectivity index (χ0) is 37.9. The molecule has 52 heavy (non-hydrogen) atoms. The molecule has 0 aliphatic heterocycles. The number of unbranched alkanes of at least 4 members (excludes halogenated alkanes) is 4. The molecule has 0 aliphatic carbocycles. The van der Waals surface area contributed by atoms with Gasteiger partial charge in [0.2, 0.25) is 0 Å². The van der Waals surface area contributed by atoms with Gasteiger partial charge in [0.05, 0.1) is 12.7 Å². The number of benzene rings is 4. The lowest BCUT2D eigenvalue weighted by Gasteiger charge is -2.13. The number of carboxylic acid groups (broad SMARTS) is 2. The molecule has 0 saturated heterocycles. The molecule has 0 saturated carbocycles. The molecule has 2 N–H and O–H groups in total. The molecule has 12 heteroatoms. The lowest BCUT2D eigenvalue weighted by Crippen LogP contribution is -2.16. The Labute approximate surface area is 322 Å². The smallest absolute Gasteiger partial charge is 0.416 e. The maximum absolute atomic E-state index is 12.8.